The van der Waals surface area contributed by atoms with Gasteiger partial charge in [0.1, 0.15) is 11.4 Å². The van der Waals surface area contributed by atoms with Crippen LogP contribution in [0.2, 0.25) is 0 Å². The lowest BCUT2D eigenvalue weighted by molar-refractivity contribution is -0.159. The van der Waals surface area contributed by atoms with Crippen LogP contribution in [-0.2, 0) is 16.0 Å². The number of hydrogen-bond donors (Lipinski definition) is 0. The van der Waals surface area contributed by atoms with Gasteiger partial charge in [0.05, 0.1) is 12.5 Å². The number of benzene rings is 1. The molecular formula is C17H25BrO3. The molecule has 21 heavy (non-hydrogen) atoms. The summed E-state index contributed by atoms with van der Waals surface area (Å²) in [6.45, 7) is 10.3. The molecule has 3 nitrogen and oxygen atoms in total. The van der Waals surface area contributed by atoms with E-state index in [-0.39, 0.29) is 11.9 Å². The molecule has 0 aromatic heterocycles. The predicted molar refractivity (Wildman–Crippen MR) is 88.6 cm³/mol. The minimum atomic E-state index is -0.450. The van der Waals surface area contributed by atoms with Gasteiger partial charge < -0.3 is 9.47 Å². The topological polar surface area (TPSA) is 35.5 Å². The third-order valence-corrected chi connectivity index (χ3v) is 3.60. The summed E-state index contributed by atoms with van der Waals surface area (Å²) in [4.78, 5) is 12.1. The van der Waals surface area contributed by atoms with Gasteiger partial charge in [0.2, 0.25) is 0 Å². The third kappa shape index (κ3) is 6.51. The molecule has 0 spiro atoms. The van der Waals surface area contributed by atoms with Crippen LogP contribution in [0.15, 0.2) is 22.7 Å². The molecule has 0 aliphatic rings. The molecule has 0 aliphatic heterocycles. The van der Waals surface area contributed by atoms with Gasteiger partial charge in [-0.25, -0.2) is 0 Å². The zero-order chi connectivity index (χ0) is 16.0. The summed E-state index contributed by atoms with van der Waals surface area (Å²) < 4.78 is 12.0. The van der Waals surface area contributed by atoms with Crippen LogP contribution in [0.25, 0.3) is 0 Å². The molecule has 0 heterocycles. The summed E-state index contributed by atoms with van der Waals surface area (Å²) in [5, 5.41) is 0. The van der Waals surface area contributed by atoms with Crippen molar-refractivity contribution in [3.05, 3.63) is 28.2 Å². The van der Waals surface area contributed by atoms with Gasteiger partial charge in [0, 0.05) is 4.47 Å². The van der Waals surface area contributed by atoms with E-state index in [1.165, 1.54) is 0 Å². The van der Waals surface area contributed by atoms with Crippen molar-refractivity contribution in [2.24, 2.45) is 5.92 Å². The van der Waals surface area contributed by atoms with Crippen molar-refractivity contribution in [3.8, 4) is 5.75 Å². The first-order valence-corrected chi connectivity index (χ1v) is 8.16. The lowest BCUT2D eigenvalue weighted by atomic mass is 10.0. The number of ether oxygens (including phenoxy) is 2. The van der Waals surface area contributed by atoms with Crippen molar-refractivity contribution in [1.82, 2.24) is 0 Å². The summed E-state index contributed by atoms with van der Waals surface area (Å²) in [5.41, 5.74) is 0.608. The average molecular weight is 357 g/mol. The molecule has 1 unspecified atom stereocenters. The maximum Gasteiger partial charge on any atom is 0.309 e. The molecule has 0 amide bonds. The van der Waals surface area contributed by atoms with E-state index in [9.17, 15) is 4.79 Å². The summed E-state index contributed by atoms with van der Waals surface area (Å²) in [6, 6.07) is 5.88. The highest BCUT2D eigenvalue weighted by Crippen LogP contribution is 2.26. The Morgan fingerprint density at radius 3 is 2.57 bits per heavy atom. The Morgan fingerprint density at radius 1 is 1.33 bits per heavy atom. The molecule has 0 radical (unpaired) electrons. The van der Waals surface area contributed by atoms with E-state index in [0.717, 1.165) is 22.2 Å². The fourth-order valence-electron chi connectivity index (χ4n) is 1.83. The normalized spacial score (nSPS) is 12.9. The van der Waals surface area contributed by atoms with Gasteiger partial charge in [-0.15, -0.1) is 0 Å². The zero-order valence-corrected chi connectivity index (χ0v) is 15.1. The second kappa shape index (κ2) is 7.83. The van der Waals surface area contributed by atoms with Crippen LogP contribution in [0.1, 0.15) is 46.6 Å². The van der Waals surface area contributed by atoms with Crippen LogP contribution in [0.3, 0.4) is 0 Å². The van der Waals surface area contributed by atoms with Gasteiger partial charge in [-0.2, -0.15) is 0 Å². The van der Waals surface area contributed by atoms with E-state index < -0.39 is 5.60 Å². The van der Waals surface area contributed by atoms with Gasteiger partial charge in [0.15, 0.2) is 0 Å². The number of hydrogen-bond acceptors (Lipinski definition) is 3. The Bertz CT molecular complexity index is 477. The fourth-order valence-corrected chi connectivity index (χ4v) is 2.24. The van der Waals surface area contributed by atoms with Crippen molar-refractivity contribution < 1.29 is 14.3 Å². The maximum atomic E-state index is 12.1. The van der Waals surface area contributed by atoms with Crippen molar-refractivity contribution in [2.45, 2.75) is 53.1 Å². The lowest BCUT2D eigenvalue weighted by Gasteiger charge is -2.22. The molecule has 0 bridgehead atoms. The van der Waals surface area contributed by atoms with Crippen LogP contribution in [0, 0.1) is 5.92 Å². The van der Waals surface area contributed by atoms with E-state index in [1.54, 1.807) is 0 Å². The standard InChI is InChI=1S/C17H25BrO3/c1-6-9-20-14-7-8-15(18)13(11-14)10-12(2)16(19)21-17(3,4)5/h7-8,11-12H,6,9-10H2,1-5H3. The Hall–Kier alpha value is -1.03. The number of carbonyl (C=O) groups excluding carboxylic acids is 1. The molecular weight excluding hydrogens is 332 g/mol. The van der Waals surface area contributed by atoms with Crippen molar-refractivity contribution in [3.63, 3.8) is 0 Å². The summed E-state index contributed by atoms with van der Waals surface area (Å²) in [6.07, 6.45) is 1.60. The second-order valence-corrected chi connectivity index (χ2v) is 7.09. The van der Waals surface area contributed by atoms with Gasteiger partial charge in [0.25, 0.3) is 0 Å². The highest BCUT2D eigenvalue weighted by Gasteiger charge is 2.22. The predicted octanol–water partition coefficient (Wildman–Crippen LogP) is 4.76. The molecule has 0 saturated heterocycles. The monoisotopic (exact) mass is 356 g/mol. The molecule has 118 valence electrons. The molecule has 4 heteroatoms. The van der Waals surface area contributed by atoms with Crippen LogP contribution in [-0.4, -0.2) is 18.2 Å². The van der Waals surface area contributed by atoms with E-state index in [4.69, 9.17) is 9.47 Å². The van der Waals surface area contributed by atoms with E-state index in [2.05, 4.69) is 22.9 Å². The largest absolute Gasteiger partial charge is 0.494 e. The van der Waals surface area contributed by atoms with Crippen LogP contribution in [0.4, 0.5) is 0 Å². The maximum absolute atomic E-state index is 12.1. The van der Waals surface area contributed by atoms with Crippen LogP contribution in [0.5, 0.6) is 5.75 Å². The molecule has 0 saturated carbocycles. The molecule has 0 aliphatic carbocycles. The summed E-state index contributed by atoms with van der Waals surface area (Å²) >= 11 is 3.53. The highest BCUT2D eigenvalue weighted by molar-refractivity contribution is 9.10. The number of halogens is 1. The Labute approximate surface area is 136 Å². The lowest BCUT2D eigenvalue weighted by Crippen LogP contribution is -2.28. The average Bonchev–Trinajstić information content (AvgIpc) is 2.37. The van der Waals surface area contributed by atoms with Gasteiger partial charge in [-0.05, 0) is 57.4 Å². The molecule has 1 aromatic carbocycles. The van der Waals surface area contributed by atoms with E-state index in [0.29, 0.717) is 13.0 Å². The second-order valence-electron chi connectivity index (χ2n) is 6.24. The van der Waals surface area contributed by atoms with E-state index in [1.807, 2.05) is 45.9 Å². The van der Waals surface area contributed by atoms with Crippen molar-refractivity contribution >= 4 is 21.9 Å². The SMILES string of the molecule is CCCOc1ccc(Br)c(CC(C)C(=O)OC(C)(C)C)c1. The number of esters is 1. The Kier molecular flexibility index (Phi) is 6.72. The molecule has 1 atom stereocenters. The molecule has 0 N–H and O–H groups in total. The van der Waals surface area contributed by atoms with Gasteiger partial charge >= 0.3 is 5.97 Å². The molecule has 1 rings (SSSR count). The Morgan fingerprint density at radius 2 is 2.00 bits per heavy atom. The third-order valence-electron chi connectivity index (χ3n) is 2.83. The van der Waals surface area contributed by atoms with Crippen LogP contribution >= 0.6 is 15.9 Å². The molecule has 1 aromatic rings. The minimum Gasteiger partial charge on any atom is -0.494 e. The van der Waals surface area contributed by atoms with Gasteiger partial charge in [-0.1, -0.05) is 29.8 Å². The first kappa shape index (κ1) is 18.0. The van der Waals surface area contributed by atoms with E-state index >= 15 is 0 Å². The number of carbonyl (C=O) groups is 1. The Balaban J connectivity index is 2.74. The fraction of sp³-hybridized carbons (Fsp3) is 0.588. The summed E-state index contributed by atoms with van der Waals surface area (Å²) in [5.74, 6) is 0.475. The summed E-state index contributed by atoms with van der Waals surface area (Å²) in [7, 11) is 0. The molecule has 0 fully saturated rings. The van der Waals surface area contributed by atoms with Crippen molar-refractivity contribution in [1.29, 1.82) is 0 Å². The van der Waals surface area contributed by atoms with Gasteiger partial charge in [-0.3, -0.25) is 4.79 Å². The quantitative estimate of drug-likeness (QED) is 0.689. The first-order chi connectivity index (χ1) is 9.73. The highest BCUT2D eigenvalue weighted by atomic mass is 79.9. The zero-order valence-electron chi connectivity index (χ0n) is 13.5. The minimum absolute atomic E-state index is 0.172. The van der Waals surface area contributed by atoms with Crippen molar-refractivity contribution in [2.75, 3.05) is 6.61 Å². The first-order valence-electron chi connectivity index (χ1n) is 7.37. The number of rotatable bonds is 6. The smallest absolute Gasteiger partial charge is 0.309 e. The van der Waals surface area contributed by atoms with Crippen LogP contribution < -0.4 is 4.74 Å².